The largest absolute Gasteiger partial charge is 0.496 e. The summed E-state index contributed by atoms with van der Waals surface area (Å²) < 4.78 is 5.39. The Morgan fingerprint density at radius 1 is 1.11 bits per heavy atom. The lowest BCUT2D eigenvalue weighted by Crippen LogP contribution is -2.62. The van der Waals surface area contributed by atoms with Crippen LogP contribution in [0.5, 0.6) is 5.75 Å². The lowest BCUT2D eigenvalue weighted by Gasteiger charge is -2.50. The van der Waals surface area contributed by atoms with E-state index in [9.17, 15) is 4.79 Å². The van der Waals surface area contributed by atoms with E-state index in [1.165, 1.54) is 38.0 Å². The van der Waals surface area contributed by atoms with Crippen LogP contribution in [-0.4, -0.2) is 86.2 Å². The number of aryl methyl sites for hydroxylation is 1. The number of hydrogen-bond acceptors (Lipinski definition) is 4. The normalized spacial score (nSPS) is 27.6. The van der Waals surface area contributed by atoms with E-state index in [4.69, 9.17) is 4.74 Å². The van der Waals surface area contributed by atoms with Crippen molar-refractivity contribution in [2.45, 2.75) is 31.7 Å². The zero-order valence-electron chi connectivity index (χ0n) is 17.1. The summed E-state index contributed by atoms with van der Waals surface area (Å²) in [6.45, 7) is 8.25. The van der Waals surface area contributed by atoms with Gasteiger partial charge in [-0.05, 0) is 56.3 Å². The van der Waals surface area contributed by atoms with Crippen LogP contribution >= 0.6 is 0 Å². The van der Waals surface area contributed by atoms with Gasteiger partial charge in [-0.2, -0.15) is 0 Å². The zero-order valence-corrected chi connectivity index (χ0v) is 17.1. The van der Waals surface area contributed by atoms with Gasteiger partial charge in [0.15, 0.2) is 0 Å². The highest BCUT2D eigenvalue weighted by Gasteiger charge is 2.38. The second kappa shape index (κ2) is 9.14. The average molecular weight is 387 g/mol. The van der Waals surface area contributed by atoms with E-state index in [2.05, 4.69) is 21.2 Å². The fraction of sp³-hybridized carbons (Fsp3) is 0.682. The number of carbonyl (C=O) groups is 1. The molecule has 4 saturated heterocycles. The molecule has 6 heteroatoms. The van der Waals surface area contributed by atoms with Gasteiger partial charge in [-0.1, -0.05) is 18.2 Å². The van der Waals surface area contributed by atoms with E-state index in [0.29, 0.717) is 12.6 Å². The lowest BCUT2D eigenvalue weighted by atomic mass is 9.83. The van der Waals surface area contributed by atoms with E-state index in [-0.39, 0.29) is 6.03 Å². The number of nitrogens with zero attached hydrogens (tertiary/aromatic N) is 3. The molecule has 0 saturated carbocycles. The van der Waals surface area contributed by atoms with E-state index >= 15 is 0 Å². The number of fused-ring (bicyclic) bond motifs is 3. The number of ether oxygens (including phenoxy) is 1. The van der Waals surface area contributed by atoms with Gasteiger partial charge in [0.05, 0.1) is 7.11 Å². The predicted octanol–water partition coefficient (Wildman–Crippen LogP) is 2.05. The second-order valence-electron chi connectivity index (χ2n) is 8.38. The first-order chi connectivity index (χ1) is 13.7. The topological polar surface area (TPSA) is 48.1 Å². The Labute approximate surface area is 168 Å². The van der Waals surface area contributed by atoms with Crippen LogP contribution in [0.2, 0.25) is 0 Å². The maximum Gasteiger partial charge on any atom is 0.317 e. The number of piperidine rings is 3. The molecule has 4 aliphatic heterocycles. The van der Waals surface area contributed by atoms with Crippen LogP contribution in [0.4, 0.5) is 4.79 Å². The smallest absolute Gasteiger partial charge is 0.317 e. The van der Waals surface area contributed by atoms with Crippen molar-refractivity contribution in [2.24, 2.45) is 5.92 Å². The molecule has 0 radical (unpaired) electrons. The van der Waals surface area contributed by atoms with Gasteiger partial charge in [0.1, 0.15) is 5.75 Å². The highest BCUT2D eigenvalue weighted by Crippen LogP contribution is 2.31. The molecule has 1 aromatic rings. The van der Waals surface area contributed by atoms with Gasteiger partial charge in [-0.3, -0.25) is 4.90 Å². The summed E-state index contributed by atoms with van der Waals surface area (Å²) in [7, 11) is 1.70. The first-order valence-corrected chi connectivity index (χ1v) is 10.9. The average Bonchev–Trinajstić information content (AvgIpc) is 2.77. The van der Waals surface area contributed by atoms with Crippen LogP contribution in [0.25, 0.3) is 0 Å². The number of para-hydroxylation sites is 1. The maximum absolute atomic E-state index is 12.5. The number of piperazine rings is 1. The second-order valence-corrected chi connectivity index (χ2v) is 8.38. The van der Waals surface area contributed by atoms with Gasteiger partial charge in [0.2, 0.25) is 0 Å². The Balaban J connectivity index is 1.16. The molecule has 1 N–H and O–H groups in total. The number of rotatable bonds is 6. The summed E-state index contributed by atoms with van der Waals surface area (Å²) in [6.07, 6.45) is 4.55. The fourth-order valence-electron chi connectivity index (χ4n) is 5.10. The van der Waals surface area contributed by atoms with Gasteiger partial charge in [0.25, 0.3) is 0 Å². The molecular formula is C22H34N4O2. The van der Waals surface area contributed by atoms with E-state index in [1.54, 1.807) is 7.11 Å². The first kappa shape index (κ1) is 19.5. The number of carbonyl (C=O) groups excluding carboxylic acids is 1. The van der Waals surface area contributed by atoms with Crippen molar-refractivity contribution in [3.8, 4) is 5.75 Å². The van der Waals surface area contributed by atoms with Crippen LogP contribution in [-0.2, 0) is 6.42 Å². The molecule has 2 bridgehead atoms. The molecule has 4 fully saturated rings. The number of amides is 2. The molecule has 2 amide bonds. The molecule has 0 aliphatic carbocycles. The number of nitrogens with one attached hydrogen (secondary N) is 1. The van der Waals surface area contributed by atoms with Crippen molar-refractivity contribution in [3.63, 3.8) is 0 Å². The minimum atomic E-state index is 0.0913. The van der Waals surface area contributed by atoms with Gasteiger partial charge in [-0.25, -0.2) is 4.79 Å². The van der Waals surface area contributed by atoms with Crippen molar-refractivity contribution in [2.75, 3.05) is 59.5 Å². The monoisotopic (exact) mass is 386 g/mol. The molecule has 0 unspecified atom stereocenters. The molecule has 154 valence electrons. The van der Waals surface area contributed by atoms with Crippen LogP contribution in [0.3, 0.4) is 0 Å². The predicted molar refractivity (Wildman–Crippen MR) is 111 cm³/mol. The summed E-state index contributed by atoms with van der Waals surface area (Å²) in [5.41, 5.74) is 1.20. The van der Waals surface area contributed by atoms with Gasteiger partial charge in [-0.15, -0.1) is 0 Å². The third kappa shape index (κ3) is 4.44. The molecule has 4 aliphatic rings. The van der Waals surface area contributed by atoms with Crippen molar-refractivity contribution in [1.29, 1.82) is 0 Å². The number of urea groups is 1. The fourth-order valence-corrected chi connectivity index (χ4v) is 5.10. The summed E-state index contributed by atoms with van der Waals surface area (Å²) in [6, 6.07) is 8.91. The zero-order chi connectivity index (χ0) is 19.3. The summed E-state index contributed by atoms with van der Waals surface area (Å²) in [4.78, 5) is 19.8. The molecule has 0 aromatic heterocycles. The molecule has 1 atom stereocenters. The summed E-state index contributed by atoms with van der Waals surface area (Å²) >= 11 is 0. The maximum atomic E-state index is 12.5. The third-order valence-corrected chi connectivity index (χ3v) is 6.78. The van der Waals surface area contributed by atoms with E-state index < -0.39 is 0 Å². The minimum Gasteiger partial charge on any atom is -0.496 e. The van der Waals surface area contributed by atoms with Gasteiger partial charge in [0, 0.05) is 45.3 Å². The quantitative estimate of drug-likeness (QED) is 0.761. The molecule has 5 rings (SSSR count). The lowest BCUT2D eigenvalue weighted by molar-refractivity contribution is -0.0103. The number of methoxy groups -OCH3 is 1. The van der Waals surface area contributed by atoms with Crippen LogP contribution in [0, 0.1) is 5.92 Å². The molecule has 1 aromatic carbocycles. The van der Waals surface area contributed by atoms with Gasteiger partial charge >= 0.3 is 6.03 Å². The Bertz CT molecular complexity index is 652. The highest BCUT2D eigenvalue weighted by atomic mass is 16.5. The van der Waals surface area contributed by atoms with Crippen molar-refractivity contribution < 1.29 is 9.53 Å². The first-order valence-electron chi connectivity index (χ1n) is 10.9. The molecule has 0 spiro atoms. The summed E-state index contributed by atoms with van der Waals surface area (Å²) in [5.74, 6) is 1.80. The number of hydrogen-bond donors (Lipinski definition) is 1. The van der Waals surface area contributed by atoms with Crippen molar-refractivity contribution >= 4 is 6.03 Å². The Kier molecular flexibility index (Phi) is 6.37. The van der Waals surface area contributed by atoms with Crippen LogP contribution < -0.4 is 10.1 Å². The highest BCUT2D eigenvalue weighted by molar-refractivity contribution is 5.74. The van der Waals surface area contributed by atoms with E-state index in [1.807, 2.05) is 23.1 Å². The standard InChI is InChI=1S/C22H34N4O2/c1-28-21-7-3-2-5-19(21)6-4-10-23-22(27)26-15-13-25(14-16-26)20-17-24-11-8-18(20)9-12-24/h2-3,5,7,18,20H,4,6,8-17H2,1H3,(H,23,27)/t20-/m0/s1. The minimum absolute atomic E-state index is 0.0913. The molecule has 6 nitrogen and oxygen atoms in total. The molecule has 4 heterocycles. The van der Waals surface area contributed by atoms with Crippen LogP contribution in [0.15, 0.2) is 24.3 Å². The summed E-state index contributed by atoms with van der Waals surface area (Å²) in [5, 5.41) is 3.10. The third-order valence-electron chi connectivity index (χ3n) is 6.78. The van der Waals surface area contributed by atoms with E-state index in [0.717, 1.165) is 50.7 Å². The van der Waals surface area contributed by atoms with Crippen LogP contribution in [0.1, 0.15) is 24.8 Å². The Morgan fingerprint density at radius 2 is 1.86 bits per heavy atom. The number of benzene rings is 1. The van der Waals surface area contributed by atoms with Gasteiger partial charge < -0.3 is 19.9 Å². The Morgan fingerprint density at radius 3 is 2.54 bits per heavy atom. The molecule has 28 heavy (non-hydrogen) atoms. The Hall–Kier alpha value is -1.79. The SMILES string of the molecule is COc1ccccc1CCCNC(=O)N1CCN([C@H]2CN3CCC2CC3)CC1. The van der Waals surface area contributed by atoms with Crippen molar-refractivity contribution in [3.05, 3.63) is 29.8 Å². The van der Waals surface area contributed by atoms with Crippen molar-refractivity contribution in [1.82, 2.24) is 20.0 Å². The molecular weight excluding hydrogens is 352 g/mol.